The number of hydrogen-bond donors (Lipinski definition) is 2. The quantitative estimate of drug-likeness (QED) is 0.228. The summed E-state index contributed by atoms with van der Waals surface area (Å²) in [5.74, 6) is 1.80. The average molecular weight is 488 g/mol. The Morgan fingerprint density at radius 3 is 2.37 bits per heavy atom. The Hall–Kier alpha value is -1.02. The Kier molecular flexibility index (Phi) is 13.3. The molecule has 154 valence electrons. The molecule has 1 heterocycles. The summed E-state index contributed by atoms with van der Waals surface area (Å²) < 4.78 is 5.19. The second kappa shape index (κ2) is 15.0. The van der Waals surface area contributed by atoms with Crippen molar-refractivity contribution in [2.24, 2.45) is 4.99 Å². The highest BCUT2D eigenvalue weighted by Gasteiger charge is 2.08. The highest BCUT2D eigenvalue weighted by Crippen LogP contribution is 2.11. The van der Waals surface area contributed by atoms with Gasteiger partial charge in [0.15, 0.2) is 5.96 Å². The van der Waals surface area contributed by atoms with Crippen molar-refractivity contribution in [2.45, 2.75) is 44.9 Å². The number of nitrogens with one attached hydrogen (secondary N) is 2. The summed E-state index contributed by atoms with van der Waals surface area (Å²) in [4.78, 5) is 6.93. The van der Waals surface area contributed by atoms with Crippen LogP contribution in [0.4, 0.5) is 0 Å². The van der Waals surface area contributed by atoms with Crippen LogP contribution in [0.1, 0.15) is 44.1 Å². The highest BCUT2D eigenvalue weighted by atomic mass is 127. The molecule has 1 fully saturated rings. The Labute approximate surface area is 182 Å². The molecule has 1 aliphatic rings. The minimum Gasteiger partial charge on any atom is -0.497 e. The molecule has 0 unspecified atom stereocenters. The first-order valence-electron chi connectivity index (χ1n) is 10.1. The molecule has 0 amide bonds. The van der Waals surface area contributed by atoms with Crippen LogP contribution in [0, 0.1) is 0 Å². The highest BCUT2D eigenvalue weighted by molar-refractivity contribution is 14.0. The molecule has 0 aliphatic carbocycles. The number of piperidine rings is 1. The number of hydrogen-bond acceptors (Lipinski definition) is 3. The van der Waals surface area contributed by atoms with E-state index in [1.165, 1.54) is 63.7 Å². The van der Waals surface area contributed by atoms with E-state index >= 15 is 0 Å². The summed E-state index contributed by atoms with van der Waals surface area (Å²) in [6.45, 7) is 5.75. The van der Waals surface area contributed by atoms with Gasteiger partial charge in [-0.1, -0.05) is 25.0 Å². The fourth-order valence-corrected chi connectivity index (χ4v) is 3.37. The van der Waals surface area contributed by atoms with Crippen molar-refractivity contribution >= 4 is 29.9 Å². The normalized spacial score (nSPS) is 15.1. The summed E-state index contributed by atoms with van der Waals surface area (Å²) in [6, 6.07) is 8.23. The van der Waals surface area contributed by atoms with E-state index in [0.717, 1.165) is 31.2 Å². The van der Waals surface area contributed by atoms with Crippen LogP contribution in [-0.4, -0.2) is 57.7 Å². The molecule has 1 aromatic carbocycles. The third kappa shape index (κ3) is 10.2. The van der Waals surface area contributed by atoms with Crippen LogP contribution < -0.4 is 15.4 Å². The van der Waals surface area contributed by atoms with Crippen LogP contribution in [0.25, 0.3) is 0 Å². The van der Waals surface area contributed by atoms with Gasteiger partial charge in [0, 0.05) is 20.1 Å². The fraction of sp³-hybridized carbons (Fsp3) is 0.667. The van der Waals surface area contributed by atoms with Crippen LogP contribution >= 0.6 is 24.0 Å². The molecule has 0 bridgehead atoms. The maximum atomic E-state index is 5.19. The van der Waals surface area contributed by atoms with Gasteiger partial charge in [0.25, 0.3) is 0 Å². The molecule has 1 aliphatic heterocycles. The van der Waals surface area contributed by atoms with Gasteiger partial charge >= 0.3 is 0 Å². The molecule has 27 heavy (non-hydrogen) atoms. The minimum absolute atomic E-state index is 0. The van der Waals surface area contributed by atoms with E-state index in [9.17, 15) is 0 Å². The number of rotatable bonds is 10. The summed E-state index contributed by atoms with van der Waals surface area (Å²) in [5, 5.41) is 6.81. The van der Waals surface area contributed by atoms with Gasteiger partial charge in [-0.25, -0.2) is 0 Å². The molecule has 0 spiro atoms. The molecule has 0 aromatic heterocycles. The van der Waals surface area contributed by atoms with Gasteiger partial charge in [-0.2, -0.15) is 0 Å². The lowest BCUT2D eigenvalue weighted by Gasteiger charge is -2.26. The van der Waals surface area contributed by atoms with Crippen LogP contribution in [0.3, 0.4) is 0 Å². The van der Waals surface area contributed by atoms with Gasteiger partial charge in [-0.05, 0) is 69.4 Å². The summed E-state index contributed by atoms with van der Waals surface area (Å²) in [6.07, 6.45) is 8.97. The van der Waals surface area contributed by atoms with Gasteiger partial charge in [-0.15, -0.1) is 24.0 Å². The molecule has 0 atom stereocenters. The van der Waals surface area contributed by atoms with E-state index in [2.05, 4.69) is 32.7 Å². The topological polar surface area (TPSA) is 48.9 Å². The number of methoxy groups -OCH3 is 1. The van der Waals surface area contributed by atoms with Gasteiger partial charge < -0.3 is 20.3 Å². The number of halogens is 1. The second-order valence-corrected chi connectivity index (χ2v) is 6.99. The van der Waals surface area contributed by atoms with Crippen LogP contribution in [0.2, 0.25) is 0 Å². The van der Waals surface area contributed by atoms with Crippen molar-refractivity contribution in [2.75, 3.05) is 46.9 Å². The van der Waals surface area contributed by atoms with Crippen molar-refractivity contribution in [3.63, 3.8) is 0 Å². The van der Waals surface area contributed by atoms with E-state index in [4.69, 9.17) is 4.74 Å². The Bertz CT molecular complexity index is 515. The number of unbranched alkanes of at least 4 members (excludes halogenated alkanes) is 2. The number of guanidine groups is 1. The van der Waals surface area contributed by atoms with Crippen molar-refractivity contribution in [1.29, 1.82) is 0 Å². The van der Waals surface area contributed by atoms with Crippen LogP contribution in [-0.2, 0) is 6.42 Å². The predicted molar refractivity (Wildman–Crippen MR) is 126 cm³/mol. The molecular weight excluding hydrogens is 451 g/mol. The smallest absolute Gasteiger partial charge is 0.190 e. The summed E-state index contributed by atoms with van der Waals surface area (Å²) in [7, 11) is 3.53. The lowest BCUT2D eigenvalue weighted by molar-refractivity contribution is 0.224. The van der Waals surface area contributed by atoms with Gasteiger partial charge in [0.2, 0.25) is 0 Å². The molecule has 6 heteroatoms. The first-order valence-corrected chi connectivity index (χ1v) is 10.1. The molecule has 2 rings (SSSR count). The number of ether oxygens (including phenoxy) is 1. The molecule has 1 saturated heterocycles. The van der Waals surface area contributed by atoms with E-state index in [1.807, 2.05) is 19.2 Å². The average Bonchev–Trinajstić information content (AvgIpc) is 2.70. The molecule has 0 radical (unpaired) electrons. The lowest BCUT2D eigenvalue weighted by atomic mass is 10.1. The zero-order valence-electron chi connectivity index (χ0n) is 17.0. The first-order chi connectivity index (χ1) is 12.8. The zero-order valence-corrected chi connectivity index (χ0v) is 19.3. The maximum Gasteiger partial charge on any atom is 0.190 e. The molecule has 0 saturated carbocycles. The fourth-order valence-electron chi connectivity index (χ4n) is 3.37. The largest absolute Gasteiger partial charge is 0.497 e. The number of aliphatic imine (C=N–C) groups is 1. The SMILES string of the molecule is CN=C(NCCCCCN1CCCCC1)NCCc1ccc(OC)cc1.I. The number of nitrogens with zero attached hydrogens (tertiary/aromatic N) is 2. The van der Waals surface area contributed by atoms with Crippen LogP contribution in [0.15, 0.2) is 29.3 Å². The Morgan fingerprint density at radius 1 is 1.00 bits per heavy atom. The van der Waals surface area contributed by atoms with Crippen molar-refractivity contribution < 1.29 is 4.74 Å². The standard InChI is InChI=1S/C21H36N4O.HI/c1-22-21(24-15-13-19-9-11-20(26-2)12-10-19)23-14-5-3-6-16-25-17-7-4-8-18-25;/h9-12H,3-8,13-18H2,1-2H3,(H2,22,23,24);1H. The van der Waals surface area contributed by atoms with E-state index in [0.29, 0.717) is 0 Å². The van der Waals surface area contributed by atoms with Crippen LogP contribution in [0.5, 0.6) is 5.75 Å². The first kappa shape index (κ1) is 24.0. The third-order valence-electron chi connectivity index (χ3n) is 4.98. The van der Waals surface area contributed by atoms with Crippen molar-refractivity contribution in [1.82, 2.24) is 15.5 Å². The van der Waals surface area contributed by atoms with Crippen molar-refractivity contribution in [3.8, 4) is 5.75 Å². The van der Waals surface area contributed by atoms with Gasteiger partial charge in [-0.3, -0.25) is 4.99 Å². The Balaban J connectivity index is 0.00000364. The van der Waals surface area contributed by atoms with Crippen molar-refractivity contribution in [3.05, 3.63) is 29.8 Å². The molecule has 2 N–H and O–H groups in total. The number of benzene rings is 1. The Morgan fingerprint density at radius 2 is 1.70 bits per heavy atom. The van der Waals surface area contributed by atoms with E-state index in [1.54, 1.807) is 7.11 Å². The summed E-state index contributed by atoms with van der Waals surface area (Å²) in [5.41, 5.74) is 1.30. The third-order valence-corrected chi connectivity index (χ3v) is 4.98. The number of likely N-dealkylation sites (tertiary alicyclic amines) is 1. The minimum atomic E-state index is 0. The van der Waals surface area contributed by atoms with E-state index < -0.39 is 0 Å². The molecule has 1 aromatic rings. The van der Waals surface area contributed by atoms with E-state index in [-0.39, 0.29) is 24.0 Å². The molecular formula is C21H37IN4O. The maximum absolute atomic E-state index is 5.19. The lowest BCUT2D eigenvalue weighted by Crippen LogP contribution is -2.38. The monoisotopic (exact) mass is 488 g/mol. The predicted octanol–water partition coefficient (Wildman–Crippen LogP) is 3.68. The zero-order chi connectivity index (χ0) is 18.5. The second-order valence-electron chi connectivity index (χ2n) is 6.99. The van der Waals surface area contributed by atoms with Gasteiger partial charge in [0.05, 0.1) is 7.11 Å². The van der Waals surface area contributed by atoms with Gasteiger partial charge in [0.1, 0.15) is 5.75 Å². The summed E-state index contributed by atoms with van der Waals surface area (Å²) >= 11 is 0. The molecule has 5 nitrogen and oxygen atoms in total.